The molecule has 1 aromatic carbocycles. The third-order valence-electron chi connectivity index (χ3n) is 5.22. The van der Waals surface area contributed by atoms with E-state index in [0.717, 1.165) is 23.5 Å². The lowest BCUT2D eigenvalue weighted by atomic mass is 9.95. The molecule has 32 heavy (non-hydrogen) atoms. The minimum atomic E-state index is -0.136. The maximum Gasteiger partial charge on any atom is 0.230 e. The van der Waals surface area contributed by atoms with Gasteiger partial charge in [-0.2, -0.15) is 0 Å². The zero-order chi connectivity index (χ0) is 22.5. The summed E-state index contributed by atoms with van der Waals surface area (Å²) in [6.45, 7) is 8.15. The summed E-state index contributed by atoms with van der Waals surface area (Å²) >= 11 is 1.36. The predicted molar refractivity (Wildman–Crippen MR) is 122 cm³/mol. The number of nitrogens with one attached hydrogen (secondary N) is 1. The van der Waals surface area contributed by atoms with E-state index in [1.165, 1.54) is 11.8 Å². The quantitative estimate of drug-likeness (QED) is 0.505. The average Bonchev–Trinajstić information content (AvgIpc) is 3.40. The first kappa shape index (κ1) is 22.3. The largest absolute Gasteiger partial charge is 0.490 e. The van der Waals surface area contributed by atoms with Crippen LogP contribution in [0.3, 0.4) is 0 Å². The van der Waals surface area contributed by atoms with Crippen molar-refractivity contribution >= 4 is 17.7 Å². The Balaban J connectivity index is 1.43. The van der Waals surface area contributed by atoms with Crippen LogP contribution >= 0.6 is 11.8 Å². The molecule has 1 aliphatic rings. The summed E-state index contributed by atoms with van der Waals surface area (Å²) in [7, 11) is 0. The van der Waals surface area contributed by atoms with Crippen molar-refractivity contribution in [3.05, 3.63) is 42.2 Å². The molecule has 0 saturated heterocycles. The van der Waals surface area contributed by atoms with Gasteiger partial charge in [0.2, 0.25) is 5.91 Å². The SMILES string of the molecule is CCn1c(SCC(=O)N[C@@H](c2ccc3c(c2)OCCCO3)C(C)C)nnc1-c1ccco1. The molecule has 0 unspecified atom stereocenters. The van der Waals surface area contributed by atoms with Crippen molar-refractivity contribution in [1.29, 1.82) is 0 Å². The minimum Gasteiger partial charge on any atom is -0.490 e. The molecule has 170 valence electrons. The van der Waals surface area contributed by atoms with Gasteiger partial charge in [0.15, 0.2) is 28.2 Å². The molecule has 3 aromatic rings. The number of thioether (sulfide) groups is 1. The first-order chi connectivity index (χ1) is 15.6. The average molecular weight is 457 g/mol. The Hall–Kier alpha value is -2.94. The number of hydrogen-bond donors (Lipinski definition) is 1. The van der Waals surface area contributed by atoms with Crippen LogP contribution in [0.5, 0.6) is 11.5 Å². The molecule has 1 atom stereocenters. The lowest BCUT2D eigenvalue weighted by molar-refractivity contribution is -0.119. The topological polar surface area (TPSA) is 91.4 Å². The number of amides is 1. The van der Waals surface area contributed by atoms with Crippen LogP contribution in [0.15, 0.2) is 46.2 Å². The zero-order valence-electron chi connectivity index (χ0n) is 18.5. The highest BCUT2D eigenvalue weighted by atomic mass is 32.2. The zero-order valence-corrected chi connectivity index (χ0v) is 19.4. The van der Waals surface area contributed by atoms with Crippen LogP contribution in [0.2, 0.25) is 0 Å². The molecule has 8 nitrogen and oxygen atoms in total. The number of rotatable bonds is 8. The van der Waals surface area contributed by atoms with Crippen LogP contribution in [-0.4, -0.2) is 39.6 Å². The molecule has 1 aliphatic heterocycles. The summed E-state index contributed by atoms with van der Waals surface area (Å²) in [5, 5.41) is 12.3. The van der Waals surface area contributed by atoms with E-state index in [4.69, 9.17) is 13.9 Å². The number of fused-ring (bicyclic) bond motifs is 1. The Morgan fingerprint density at radius 2 is 2.00 bits per heavy atom. The van der Waals surface area contributed by atoms with E-state index in [2.05, 4.69) is 29.4 Å². The lowest BCUT2D eigenvalue weighted by Crippen LogP contribution is -2.33. The van der Waals surface area contributed by atoms with E-state index < -0.39 is 0 Å². The second kappa shape index (κ2) is 10.1. The predicted octanol–water partition coefficient (Wildman–Crippen LogP) is 4.32. The number of benzene rings is 1. The molecule has 1 N–H and O–H groups in total. The van der Waals surface area contributed by atoms with Gasteiger partial charge in [-0.1, -0.05) is 31.7 Å². The molecular weight excluding hydrogens is 428 g/mol. The standard InChI is InChI=1S/C23H28N4O4S/c1-4-27-22(18-7-5-10-30-18)25-26-23(27)32-14-20(28)24-21(15(2)3)16-8-9-17-19(13-16)31-12-6-11-29-17/h5,7-10,13,15,21H,4,6,11-12,14H2,1-3H3,(H,24,28)/t21-/m1/s1. The smallest absolute Gasteiger partial charge is 0.230 e. The summed E-state index contributed by atoms with van der Waals surface area (Å²) in [5.74, 6) is 3.18. The molecule has 2 aromatic heterocycles. The van der Waals surface area contributed by atoms with E-state index in [9.17, 15) is 4.79 Å². The molecule has 4 rings (SSSR count). The van der Waals surface area contributed by atoms with Crippen molar-refractivity contribution in [1.82, 2.24) is 20.1 Å². The minimum absolute atomic E-state index is 0.0639. The molecule has 0 fully saturated rings. The van der Waals surface area contributed by atoms with Gasteiger partial charge in [-0.3, -0.25) is 9.36 Å². The second-order valence-electron chi connectivity index (χ2n) is 7.86. The summed E-state index contributed by atoms with van der Waals surface area (Å²) in [5.41, 5.74) is 0.999. The monoisotopic (exact) mass is 456 g/mol. The highest BCUT2D eigenvalue weighted by Gasteiger charge is 2.22. The number of carbonyl (C=O) groups excluding carboxylic acids is 1. The highest BCUT2D eigenvalue weighted by Crippen LogP contribution is 2.34. The van der Waals surface area contributed by atoms with Crippen LogP contribution in [0.25, 0.3) is 11.6 Å². The van der Waals surface area contributed by atoms with E-state index in [-0.39, 0.29) is 23.6 Å². The van der Waals surface area contributed by atoms with E-state index in [1.807, 2.05) is 41.8 Å². The Morgan fingerprint density at radius 3 is 2.72 bits per heavy atom. The van der Waals surface area contributed by atoms with Crippen LogP contribution < -0.4 is 14.8 Å². The van der Waals surface area contributed by atoms with Crippen molar-refractivity contribution in [2.24, 2.45) is 5.92 Å². The number of hydrogen-bond acceptors (Lipinski definition) is 7. The van der Waals surface area contributed by atoms with Gasteiger partial charge >= 0.3 is 0 Å². The van der Waals surface area contributed by atoms with Crippen LogP contribution in [-0.2, 0) is 11.3 Å². The Kier molecular flexibility index (Phi) is 7.04. The molecule has 0 radical (unpaired) electrons. The lowest BCUT2D eigenvalue weighted by Gasteiger charge is -2.24. The highest BCUT2D eigenvalue weighted by molar-refractivity contribution is 7.99. The van der Waals surface area contributed by atoms with E-state index in [0.29, 0.717) is 36.5 Å². The Bertz CT molecular complexity index is 1050. The third kappa shape index (κ3) is 4.93. The van der Waals surface area contributed by atoms with Crippen LogP contribution in [0.1, 0.15) is 38.8 Å². The Morgan fingerprint density at radius 1 is 1.19 bits per heavy atom. The first-order valence-electron chi connectivity index (χ1n) is 10.9. The summed E-state index contributed by atoms with van der Waals surface area (Å²) in [4.78, 5) is 12.8. The number of furan rings is 1. The van der Waals surface area contributed by atoms with Gasteiger partial charge in [-0.25, -0.2) is 0 Å². The fourth-order valence-electron chi connectivity index (χ4n) is 3.62. The summed E-state index contributed by atoms with van der Waals surface area (Å²) in [6, 6.07) is 9.42. The fraction of sp³-hybridized carbons (Fsp3) is 0.435. The number of aromatic nitrogens is 3. The number of nitrogens with zero attached hydrogens (tertiary/aromatic N) is 3. The van der Waals surface area contributed by atoms with E-state index >= 15 is 0 Å². The van der Waals surface area contributed by atoms with Crippen LogP contribution in [0.4, 0.5) is 0 Å². The molecule has 9 heteroatoms. The first-order valence-corrected chi connectivity index (χ1v) is 11.8. The van der Waals surface area contributed by atoms with E-state index in [1.54, 1.807) is 6.26 Å². The maximum absolute atomic E-state index is 12.8. The van der Waals surface area contributed by atoms with Gasteiger partial charge in [0.1, 0.15) is 0 Å². The molecule has 0 aliphatic carbocycles. The van der Waals surface area contributed by atoms with Gasteiger partial charge in [-0.05, 0) is 42.7 Å². The summed E-state index contributed by atoms with van der Waals surface area (Å²) in [6.07, 6.45) is 2.46. The molecule has 0 spiro atoms. The van der Waals surface area contributed by atoms with Gasteiger partial charge in [0.05, 0.1) is 31.3 Å². The van der Waals surface area contributed by atoms with Crippen molar-refractivity contribution < 1.29 is 18.7 Å². The number of ether oxygens (including phenoxy) is 2. The van der Waals surface area contributed by atoms with Crippen molar-refractivity contribution in [3.8, 4) is 23.1 Å². The number of carbonyl (C=O) groups is 1. The normalized spacial score (nSPS) is 14.2. The Labute approximate surface area is 191 Å². The fourth-order valence-corrected chi connectivity index (χ4v) is 4.44. The van der Waals surface area contributed by atoms with Gasteiger partial charge in [-0.15, -0.1) is 10.2 Å². The van der Waals surface area contributed by atoms with Gasteiger partial charge in [0, 0.05) is 13.0 Å². The summed E-state index contributed by atoms with van der Waals surface area (Å²) < 4.78 is 18.9. The van der Waals surface area contributed by atoms with Gasteiger partial charge in [0.25, 0.3) is 0 Å². The molecule has 0 saturated carbocycles. The second-order valence-corrected chi connectivity index (χ2v) is 8.80. The maximum atomic E-state index is 12.8. The van der Waals surface area contributed by atoms with Crippen molar-refractivity contribution in [3.63, 3.8) is 0 Å². The third-order valence-corrected chi connectivity index (χ3v) is 6.19. The molecule has 1 amide bonds. The van der Waals surface area contributed by atoms with Crippen LogP contribution in [0, 0.1) is 5.92 Å². The van der Waals surface area contributed by atoms with Crippen molar-refractivity contribution in [2.45, 2.75) is 44.9 Å². The van der Waals surface area contributed by atoms with Gasteiger partial charge < -0.3 is 19.2 Å². The molecular formula is C23H28N4O4S. The molecule has 0 bridgehead atoms. The molecule has 3 heterocycles. The van der Waals surface area contributed by atoms with Crippen molar-refractivity contribution in [2.75, 3.05) is 19.0 Å².